The number of likely N-dealkylation sites (N-methyl/N-ethyl adjacent to an activating group) is 1. The van der Waals surface area contributed by atoms with Crippen LogP contribution in [-0.2, 0) is 28.8 Å². The van der Waals surface area contributed by atoms with Crippen molar-refractivity contribution in [2.75, 3.05) is 32.5 Å². The summed E-state index contributed by atoms with van der Waals surface area (Å²) in [6.07, 6.45) is 8.71. The molecule has 1 aliphatic heterocycles. The van der Waals surface area contributed by atoms with Crippen LogP contribution >= 0.6 is 0 Å². The smallest absolute Gasteiger partial charge is 0.321 e. The number of rotatable bonds is 17. The minimum absolute atomic E-state index is 0.0388. The molecule has 18 nitrogen and oxygen atoms in total. The molecule has 1 saturated heterocycles. The quantitative estimate of drug-likeness (QED) is 0.108. The predicted molar refractivity (Wildman–Crippen MR) is 242 cm³/mol. The lowest BCUT2D eigenvalue weighted by Gasteiger charge is -2.35. The van der Waals surface area contributed by atoms with Crippen molar-refractivity contribution in [1.82, 2.24) is 46.4 Å². The van der Waals surface area contributed by atoms with Crippen LogP contribution < -0.4 is 31.9 Å². The van der Waals surface area contributed by atoms with Gasteiger partial charge in [-0.1, -0.05) is 102 Å². The van der Waals surface area contributed by atoms with Crippen LogP contribution in [0.15, 0.2) is 79.3 Å². The zero-order valence-electron chi connectivity index (χ0n) is 38.0. The molecule has 18 heteroatoms. The van der Waals surface area contributed by atoms with E-state index in [4.69, 9.17) is 0 Å². The summed E-state index contributed by atoms with van der Waals surface area (Å²) in [5, 5.41) is 16.8. The van der Waals surface area contributed by atoms with E-state index in [1.54, 1.807) is 88.4 Å². The second-order valence-electron chi connectivity index (χ2n) is 17.9. The lowest BCUT2D eigenvalue weighted by Crippen LogP contribution is -2.61. The van der Waals surface area contributed by atoms with Gasteiger partial charge in [0.1, 0.15) is 23.8 Å². The van der Waals surface area contributed by atoms with Crippen LogP contribution in [0.25, 0.3) is 0 Å². The van der Waals surface area contributed by atoms with Gasteiger partial charge in [0, 0.05) is 45.3 Å². The molecule has 3 aromatic rings. The molecule has 6 N–H and O–H groups in total. The third kappa shape index (κ3) is 13.4. The van der Waals surface area contributed by atoms with Crippen LogP contribution in [0.4, 0.5) is 10.5 Å². The van der Waals surface area contributed by atoms with Crippen LogP contribution in [0, 0.1) is 17.3 Å². The summed E-state index contributed by atoms with van der Waals surface area (Å²) in [5.74, 6) is -6.30. The number of nitrogens with one attached hydrogen (secondary N) is 6. The van der Waals surface area contributed by atoms with Gasteiger partial charge in [-0.2, -0.15) is 0 Å². The molecule has 0 radical (unpaired) electrons. The lowest BCUT2D eigenvalue weighted by atomic mass is 9.82. The van der Waals surface area contributed by atoms with Gasteiger partial charge in [-0.05, 0) is 48.3 Å². The first-order valence-electron chi connectivity index (χ1n) is 22.2. The van der Waals surface area contributed by atoms with Gasteiger partial charge in [0.05, 0.1) is 24.2 Å². The number of urea groups is 1. The molecule has 2 aromatic carbocycles. The second-order valence-corrected chi connectivity index (χ2v) is 17.9. The van der Waals surface area contributed by atoms with Crippen molar-refractivity contribution >= 4 is 52.9 Å². The first-order valence-corrected chi connectivity index (χ1v) is 22.2. The van der Waals surface area contributed by atoms with Gasteiger partial charge in [-0.3, -0.25) is 38.5 Å². The third-order valence-electron chi connectivity index (χ3n) is 11.7. The van der Waals surface area contributed by atoms with Crippen LogP contribution in [0.1, 0.15) is 94.7 Å². The Morgan fingerprint density at radius 2 is 1.46 bits per heavy atom. The number of Topliss-reactive ketones (excluding diaryl/α,β-unsaturated/α-hetero) is 1. The highest BCUT2D eigenvalue weighted by Gasteiger charge is 2.45. The first-order chi connectivity index (χ1) is 31.0. The summed E-state index contributed by atoms with van der Waals surface area (Å²) in [7, 11) is 3.06. The van der Waals surface area contributed by atoms with E-state index in [1.165, 1.54) is 42.5 Å². The van der Waals surface area contributed by atoms with E-state index in [0.29, 0.717) is 30.5 Å². The van der Waals surface area contributed by atoms with E-state index in [-0.39, 0.29) is 31.1 Å². The van der Waals surface area contributed by atoms with Crippen LogP contribution in [0.2, 0.25) is 0 Å². The van der Waals surface area contributed by atoms with E-state index in [9.17, 15) is 38.4 Å². The maximum absolute atomic E-state index is 14.5. The number of para-hydroxylation sites is 1. The molecule has 2 heterocycles. The largest absolute Gasteiger partial charge is 0.349 e. The van der Waals surface area contributed by atoms with E-state index in [2.05, 4.69) is 41.9 Å². The molecule has 0 bridgehead atoms. The molecule has 2 fully saturated rings. The average molecular weight is 895 g/mol. The molecule has 5 rings (SSSR count). The molecule has 8 amide bonds. The van der Waals surface area contributed by atoms with Crippen molar-refractivity contribution in [3.8, 4) is 0 Å². The number of likely N-dealkylation sites (tertiary alicyclic amines) is 1. The fourth-order valence-electron chi connectivity index (χ4n) is 8.16. The van der Waals surface area contributed by atoms with Gasteiger partial charge in [0.2, 0.25) is 29.4 Å². The molecular formula is C47H62N10O8. The van der Waals surface area contributed by atoms with Gasteiger partial charge in [0.15, 0.2) is 0 Å². The van der Waals surface area contributed by atoms with E-state index in [0.717, 1.165) is 19.3 Å². The number of hydrogen-bond donors (Lipinski definition) is 6. The Kier molecular flexibility index (Phi) is 17.3. The Labute approximate surface area is 379 Å². The van der Waals surface area contributed by atoms with Crippen LogP contribution in [-0.4, -0.2) is 118 Å². The lowest BCUT2D eigenvalue weighted by molar-refractivity contribution is -0.143. The summed E-state index contributed by atoms with van der Waals surface area (Å²) in [6.45, 7) is 6.79. The zero-order chi connectivity index (χ0) is 47.3. The molecule has 0 unspecified atom stereocenters. The number of anilines is 1. The fourth-order valence-corrected chi connectivity index (χ4v) is 8.16. The van der Waals surface area contributed by atoms with E-state index in [1.807, 2.05) is 0 Å². The monoisotopic (exact) mass is 894 g/mol. The zero-order valence-corrected chi connectivity index (χ0v) is 38.0. The van der Waals surface area contributed by atoms with Crippen molar-refractivity contribution in [1.29, 1.82) is 0 Å². The average Bonchev–Trinajstić information content (AvgIpc) is 3.73. The van der Waals surface area contributed by atoms with Gasteiger partial charge in [0.25, 0.3) is 11.8 Å². The first kappa shape index (κ1) is 49.3. The molecule has 1 aromatic heterocycles. The third-order valence-corrected chi connectivity index (χ3v) is 11.7. The van der Waals surface area contributed by atoms with Crippen LogP contribution in [0.5, 0.6) is 0 Å². The minimum Gasteiger partial charge on any atom is -0.349 e. The Morgan fingerprint density at radius 1 is 0.800 bits per heavy atom. The van der Waals surface area contributed by atoms with E-state index >= 15 is 0 Å². The summed E-state index contributed by atoms with van der Waals surface area (Å²) in [6, 6.07) is 11.0. The summed E-state index contributed by atoms with van der Waals surface area (Å²) in [5.41, 5.74) is 0.116. The number of ketones is 1. The SMILES string of the molecule is CCC[C@H](NC(=O)[C@@H]1CN(C(=O)Nc2ccccc2)C[C@@H]1NC(=O)[C@@H](NC(=O)[C@@H](NC(=O)c1cnccn1)C1CCCCC1)C(C)(C)C)C(=O)C(=O)N[C@@H](C(=O)N(C)C)c1ccccc1. The Hall–Kier alpha value is -6.72. The van der Waals surface area contributed by atoms with Crippen molar-refractivity contribution in [3.05, 3.63) is 90.5 Å². The van der Waals surface area contributed by atoms with Gasteiger partial charge >= 0.3 is 6.03 Å². The standard InChI is InChI=1S/C47H62N10O8/c1-7-17-33(38(58)43(62)54-37(45(64)56(5)6)30-20-13-9-14-21-30)51-40(59)32-27-57(46(65)50-31-22-15-10-16-23-31)28-35(32)52-44(63)39(47(2,3)4)55-42(61)36(29-18-11-8-12-19-29)53-41(60)34-26-48-24-25-49-34/h9-10,13-16,20-26,29,32-33,35-37,39H,7-8,11-12,17-19,27-28H2,1-6H3,(H,50,65)(H,51,59)(H,52,63)(H,53,60)(H,54,62)(H,55,61)/t32-,33+,35+,36+,37-,39-/m1/s1. The van der Waals surface area contributed by atoms with Crippen molar-refractivity contribution < 1.29 is 38.4 Å². The minimum atomic E-state index is -1.31. The molecule has 2 aliphatic rings. The maximum atomic E-state index is 14.5. The number of amides is 8. The molecular weight excluding hydrogens is 833 g/mol. The number of carbonyl (C=O) groups is 8. The second kappa shape index (κ2) is 22.8. The summed E-state index contributed by atoms with van der Waals surface area (Å²) in [4.78, 5) is 121. The highest BCUT2D eigenvalue weighted by atomic mass is 16.2. The predicted octanol–water partition coefficient (Wildman–Crippen LogP) is 3.13. The van der Waals surface area contributed by atoms with E-state index < -0.39 is 88.8 Å². The number of nitrogens with zero attached hydrogens (tertiary/aromatic N) is 4. The van der Waals surface area contributed by atoms with Gasteiger partial charge in [-0.25, -0.2) is 9.78 Å². The van der Waals surface area contributed by atoms with Crippen molar-refractivity contribution in [3.63, 3.8) is 0 Å². The highest BCUT2D eigenvalue weighted by Crippen LogP contribution is 2.29. The summed E-state index contributed by atoms with van der Waals surface area (Å²) < 4.78 is 0. The summed E-state index contributed by atoms with van der Waals surface area (Å²) >= 11 is 0. The molecule has 0 spiro atoms. The Morgan fingerprint density at radius 3 is 2.06 bits per heavy atom. The molecule has 6 atom stereocenters. The fraction of sp³-hybridized carbons (Fsp3) is 0.489. The molecule has 1 aliphatic carbocycles. The number of hydrogen-bond acceptors (Lipinski definition) is 10. The number of carbonyl (C=O) groups excluding carboxylic acids is 8. The van der Waals surface area contributed by atoms with Gasteiger partial charge in [-0.15, -0.1) is 0 Å². The highest BCUT2D eigenvalue weighted by molar-refractivity contribution is 6.38. The normalized spacial score (nSPS) is 18.2. The number of aromatic nitrogens is 2. The molecule has 1 saturated carbocycles. The number of benzene rings is 2. The van der Waals surface area contributed by atoms with Gasteiger partial charge < -0.3 is 41.7 Å². The Bertz CT molecular complexity index is 2150. The maximum Gasteiger partial charge on any atom is 0.321 e. The molecule has 65 heavy (non-hydrogen) atoms. The van der Waals surface area contributed by atoms with Crippen molar-refractivity contribution in [2.45, 2.75) is 103 Å². The van der Waals surface area contributed by atoms with Crippen LogP contribution in [0.3, 0.4) is 0 Å². The molecule has 348 valence electrons. The topological polar surface area (TPSA) is 241 Å². The van der Waals surface area contributed by atoms with Crippen molar-refractivity contribution in [2.24, 2.45) is 17.3 Å². The Balaban J connectivity index is 1.37.